The summed E-state index contributed by atoms with van der Waals surface area (Å²) in [5.41, 5.74) is 2.18. The van der Waals surface area contributed by atoms with Gasteiger partial charge >= 0.3 is 0 Å². The lowest BCUT2D eigenvalue weighted by Gasteiger charge is -2.22. The van der Waals surface area contributed by atoms with Gasteiger partial charge in [0.1, 0.15) is 0 Å². The fourth-order valence-electron chi connectivity index (χ4n) is 2.88. The quantitative estimate of drug-likeness (QED) is 0.648. The Balaban J connectivity index is 2.06. The highest BCUT2D eigenvalue weighted by atomic mass is 32.2. The molecule has 0 saturated heterocycles. The van der Waals surface area contributed by atoms with E-state index in [9.17, 15) is 13.2 Å². The molecule has 2 aromatic carbocycles. The van der Waals surface area contributed by atoms with Crippen LogP contribution in [-0.2, 0) is 14.8 Å². The Morgan fingerprint density at radius 2 is 1.74 bits per heavy atom. The predicted molar refractivity (Wildman–Crippen MR) is 108 cm³/mol. The second-order valence-corrected chi connectivity index (χ2v) is 8.60. The third kappa shape index (κ3) is 5.63. The zero-order valence-corrected chi connectivity index (χ0v) is 16.9. The average Bonchev–Trinajstić information content (AvgIpc) is 2.64. The molecule has 0 aliphatic rings. The van der Waals surface area contributed by atoms with Crippen molar-refractivity contribution in [3.63, 3.8) is 0 Å². The monoisotopic (exact) mass is 389 g/mol. The number of rotatable bonds is 8. The van der Waals surface area contributed by atoms with E-state index in [4.69, 9.17) is 0 Å². The van der Waals surface area contributed by atoms with Crippen LogP contribution in [0, 0.1) is 12.8 Å². The summed E-state index contributed by atoms with van der Waals surface area (Å²) in [6.07, 6.45) is 0. The lowest BCUT2D eigenvalue weighted by Crippen LogP contribution is -2.33. The van der Waals surface area contributed by atoms with Gasteiger partial charge in [-0.2, -0.15) is 0 Å². The van der Waals surface area contributed by atoms with Crippen LogP contribution >= 0.6 is 0 Å². The fourth-order valence-corrected chi connectivity index (χ4v) is 3.88. The summed E-state index contributed by atoms with van der Waals surface area (Å²) in [7, 11) is -2.22. The number of carbonyl (C=O) groups excluding carboxylic acids is 1. The minimum absolute atomic E-state index is 0.0511. The zero-order valence-electron chi connectivity index (χ0n) is 16.1. The summed E-state index contributed by atoms with van der Waals surface area (Å²) < 4.78 is 26.4. The summed E-state index contributed by atoms with van der Waals surface area (Å²) in [6.45, 7) is 6.03. The molecule has 2 rings (SSSR count). The van der Waals surface area contributed by atoms with Crippen LogP contribution in [-0.4, -0.2) is 27.9 Å². The molecule has 1 atom stereocenters. The lowest BCUT2D eigenvalue weighted by atomic mass is 9.96. The van der Waals surface area contributed by atoms with E-state index in [0.29, 0.717) is 17.2 Å². The van der Waals surface area contributed by atoms with E-state index < -0.39 is 10.0 Å². The normalized spacial score (nSPS) is 12.8. The van der Waals surface area contributed by atoms with Gasteiger partial charge in [-0.25, -0.2) is 13.1 Å². The molecule has 0 unspecified atom stereocenters. The standard InChI is InChI=1S/C20H27N3O3S/c1-14(2)20(16-8-6-5-7-9-16)22-13-19(24)23-17-11-10-15(3)18(12-17)27(25,26)21-4/h5-12,14,20-22H,13H2,1-4H3,(H,23,24)/t20-/m0/s1. The smallest absolute Gasteiger partial charge is 0.240 e. The molecule has 0 fully saturated rings. The third-order valence-electron chi connectivity index (χ3n) is 4.34. The molecule has 0 bridgehead atoms. The number of hydrogen-bond donors (Lipinski definition) is 3. The summed E-state index contributed by atoms with van der Waals surface area (Å²) in [4.78, 5) is 12.5. The van der Waals surface area contributed by atoms with E-state index in [-0.39, 0.29) is 23.4 Å². The molecule has 0 aliphatic heterocycles. The molecule has 27 heavy (non-hydrogen) atoms. The second-order valence-electron chi connectivity index (χ2n) is 6.75. The van der Waals surface area contributed by atoms with E-state index >= 15 is 0 Å². The maximum absolute atomic E-state index is 12.3. The van der Waals surface area contributed by atoms with Crippen molar-refractivity contribution in [3.05, 3.63) is 59.7 Å². The number of aryl methyl sites for hydroxylation is 1. The highest BCUT2D eigenvalue weighted by molar-refractivity contribution is 7.89. The highest BCUT2D eigenvalue weighted by Gasteiger charge is 2.18. The Kier molecular flexibility index (Phi) is 7.12. The zero-order chi connectivity index (χ0) is 20.0. The second kappa shape index (κ2) is 9.12. The van der Waals surface area contributed by atoms with E-state index in [0.717, 1.165) is 5.56 Å². The van der Waals surface area contributed by atoms with E-state index in [2.05, 4.69) is 29.2 Å². The molecule has 0 spiro atoms. The van der Waals surface area contributed by atoms with Crippen LogP contribution in [0.25, 0.3) is 0 Å². The van der Waals surface area contributed by atoms with Gasteiger partial charge in [-0.05, 0) is 43.1 Å². The van der Waals surface area contributed by atoms with Crippen LogP contribution in [0.1, 0.15) is 31.0 Å². The van der Waals surface area contributed by atoms with Crippen molar-refractivity contribution in [1.29, 1.82) is 0 Å². The number of carbonyl (C=O) groups is 1. The number of hydrogen-bond acceptors (Lipinski definition) is 4. The summed E-state index contributed by atoms with van der Waals surface area (Å²) in [5.74, 6) is 0.0835. The van der Waals surface area contributed by atoms with Gasteiger partial charge in [0, 0.05) is 11.7 Å². The predicted octanol–water partition coefficient (Wildman–Crippen LogP) is 2.83. The summed E-state index contributed by atoms with van der Waals surface area (Å²) in [5, 5.41) is 6.04. The van der Waals surface area contributed by atoms with Gasteiger partial charge in [0.15, 0.2) is 0 Å². The largest absolute Gasteiger partial charge is 0.325 e. The van der Waals surface area contributed by atoms with Crippen LogP contribution in [0.3, 0.4) is 0 Å². The first-order chi connectivity index (χ1) is 12.7. The molecule has 146 valence electrons. The SMILES string of the molecule is CNS(=O)(=O)c1cc(NC(=O)CN[C@H](c2ccccc2)C(C)C)ccc1C. The summed E-state index contributed by atoms with van der Waals surface area (Å²) in [6, 6.07) is 14.9. The van der Waals surface area contributed by atoms with Crippen molar-refractivity contribution in [2.24, 2.45) is 5.92 Å². The minimum Gasteiger partial charge on any atom is -0.325 e. The third-order valence-corrected chi connectivity index (χ3v) is 5.89. The van der Waals surface area contributed by atoms with Crippen LogP contribution in [0.5, 0.6) is 0 Å². The van der Waals surface area contributed by atoms with E-state index in [1.807, 2.05) is 30.3 Å². The van der Waals surface area contributed by atoms with Crippen molar-refractivity contribution >= 4 is 21.6 Å². The fraction of sp³-hybridized carbons (Fsp3) is 0.350. The number of sulfonamides is 1. The molecule has 7 heteroatoms. The molecule has 0 aliphatic carbocycles. The topological polar surface area (TPSA) is 87.3 Å². The summed E-state index contributed by atoms with van der Waals surface area (Å²) >= 11 is 0. The first kappa shape index (κ1) is 21.1. The van der Waals surface area contributed by atoms with Crippen LogP contribution in [0.4, 0.5) is 5.69 Å². The maximum atomic E-state index is 12.3. The minimum atomic E-state index is -3.58. The average molecular weight is 390 g/mol. The molecule has 6 nitrogen and oxygen atoms in total. The van der Waals surface area contributed by atoms with Gasteiger partial charge in [-0.3, -0.25) is 4.79 Å². The molecule has 0 saturated carbocycles. The number of anilines is 1. The molecule has 0 radical (unpaired) electrons. The molecule has 1 amide bonds. The van der Waals surface area contributed by atoms with Crippen molar-refractivity contribution in [3.8, 4) is 0 Å². The number of amides is 1. The Bertz CT molecular complexity index is 881. The number of nitrogens with one attached hydrogen (secondary N) is 3. The Morgan fingerprint density at radius 1 is 1.07 bits per heavy atom. The molecule has 0 heterocycles. The van der Waals surface area contributed by atoms with E-state index in [1.54, 1.807) is 19.1 Å². The van der Waals surface area contributed by atoms with E-state index in [1.165, 1.54) is 13.1 Å². The first-order valence-corrected chi connectivity index (χ1v) is 10.4. The Morgan fingerprint density at radius 3 is 2.33 bits per heavy atom. The van der Waals surface area contributed by atoms with Gasteiger partial charge < -0.3 is 10.6 Å². The highest BCUT2D eigenvalue weighted by Crippen LogP contribution is 2.22. The van der Waals surface area contributed by atoms with Gasteiger partial charge in [0.2, 0.25) is 15.9 Å². The first-order valence-electron chi connectivity index (χ1n) is 8.87. The molecular formula is C20H27N3O3S. The molecule has 3 N–H and O–H groups in total. The van der Waals surface area contributed by atoms with Crippen molar-refractivity contribution < 1.29 is 13.2 Å². The lowest BCUT2D eigenvalue weighted by molar-refractivity contribution is -0.115. The van der Waals surface area contributed by atoms with Gasteiger partial charge in [0.25, 0.3) is 0 Å². The van der Waals surface area contributed by atoms with Crippen molar-refractivity contribution in [1.82, 2.24) is 10.0 Å². The van der Waals surface area contributed by atoms with Gasteiger partial charge in [-0.15, -0.1) is 0 Å². The number of benzene rings is 2. The Labute approximate surface area is 161 Å². The molecular weight excluding hydrogens is 362 g/mol. The van der Waals surface area contributed by atoms with Gasteiger partial charge in [0.05, 0.1) is 11.4 Å². The van der Waals surface area contributed by atoms with Crippen molar-refractivity contribution in [2.45, 2.75) is 31.7 Å². The van der Waals surface area contributed by atoms with Crippen LogP contribution < -0.4 is 15.4 Å². The van der Waals surface area contributed by atoms with Crippen molar-refractivity contribution in [2.75, 3.05) is 18.9 Å². The maximum Gasteiger partial charge on any atom is 0.240 e. The molecule has 2 aromatic rings. The molecule has 0 aromatic heterocycles. The van der Waals surface area contributed by atoms with Crippen LogP contribution in [0.15, 0.2) is 53.4 Å². The Hall–Kier alpha value is -2.22. The van der Waals surface area contributed by atoms with Crippen LogP contribution in [0.2, 0.25) is 0 Å². The van der Waals surface area contributed by atoms with Gasteiger partial charge in [-0.1, -0.05) is 50.2 Å².